The molecule has 0 radical (unpaired) electrons. The SMILES string of the molecule is CC(C)(C#N)CCn1ccc2ccc(CO)cc21. The van der Waals surface area contributed by atoms with Gasteiger partial charge in [0.25, 0.3) is 0 Å². The predicted molar refractivity (Wildman–Crippen MR) is 71.9 cm³/mol. The van der Waals surface area contributed by atoms with E-state index < -0.39 is 0 Å². The van der Waals surface area contributed by atoms with E-state index in [1.165, 1.54) is 5.39 Å². The van der Waals surface area contributed by atoms with Gasteiger partial charge in [-0.25, -0.2) is 0 Å². The van der Waals surface area contributed by atoms with Gasteiger partial charge in [-0.05, 0) is 43.4 Å². The first kappa shape index (κ1) is 12.7. The molecular formula is C15H18N2O. The van der Waals surface area contributed by atoms with Crippen LogP contribution in [-0.2, 0) is 13.2 Å². The first-order valence-electron chi connectivity index (χ1n) is 6.16. The van der Waals surface area contributed by atoms with Crippen molar-refractivity contribution in [3.05, 3.63) is 36.0 Å². The Morgan fingerprint density at radius 3 is 2.78 bits per heavy atom. The van der Waals surface area contributed by atoms with E-state index in [-0.39, 0.29) is 12.0 Å². The lowest BCUT2D eigenvalue weighted by atomic mass is 9.91. The van der Waals surface area contributed by atoms with Crippen LogP contribution in [0, 0.1) is 16.7 Å². The van der Waals surface area contributed by atoms with Crippen LogP contribution in [-0.4, -0.2) is 9.67 Å². The molecule has 1 heterocycles. The summed E-state index contributed by atoms with van der Waals surface area (Å²) in [5.74, 6) is 0. The summed E-state index contributed by atoms with van der Waals surface area (Å²) in [7, 11) is 0. The number of fused-ring (bicyclic) bond motifs is 1. The van der Waals surface area contributed by atoms with Crippen LogP contribution in [0.3, 0.4) is 0 Å². The largest absolute Gasteiger partial charge is 0.392 e. The molecule has 1 aromatic carbocycles. The number of aryl methyl sites for hydroxylation is 1. The number of aliphatic hydroxyl groups is 1. The normalized spacial score (nSPS) is 11.7. The topological polar surface area (TPSA) is 49.0 Å². The molecule has 2 aromatic rings. The summed E-state index contributed by atoms with van der Waals surface area (Å²) in [5, 5.41) is 19.4. The molecule has 18 heavy (non-hydrogen) atoms. The summed E-state index contributed by atoms with van der Waals surface area (Å²) in [5.41, 5.74) is 1.74. The van der Waals surface area contributed by atoms with Crippen LogP contribution in [0.5, 0.6) is 0 Å². The van der Waals surface area contributed by atoms with Gasteiger partial charge >= 0.3 is 0 Å². The Hall–Kier alpha value is -1.79. The molecule has 0 saturated carbocycles. The third-order valence-corrected chi connectivity index (χ3v) is 3.30. The number of nitriles is 1. The molecule has 0 amide bonds. The molecule has 0 aliphatic heterocycles. The van der Waals surface area contributed by atoms with Gasteiger partial charge in [-0.2, -0.15) is 5.26 Å². The molecule has 0 spiro atoms. The molecule has 3 nitrogen and oxygen atoms in total. The fraction of sp³-hybridized carbons (Fsp3) is 0.400. The zero-order valence-electron chi connectivity index (χ0n) is 10.8. The Morgan fingerprint density at radius 1 is 1.33 bits per heavy atom. The van der Waals surface area contributed by atoms with Gasteiger partial charge in [0.2, 0.25) is 0 Å². The molecule has 0 unspecified atom stereocenters. The van der Waals surface area contributed by atoms with Crippen molar-refractivity contribution in [3.8, 4) is 6.07 Å². The van der Waals surface area contributed by atoms with E-state index in [1.807, 2.05) is 38.2 Å². The van der Waals surface area contributed by atoms with Crippen LogP contribution in [0.2, 0.25) is 0 Å². The van der Waals surface area contributed by atoms with Crippen LogP contribution in [0.1, 0.15) is 25.8 Å². The third kappa shape index (κ3) is 2.55. The van der Waals surface area contributed by atoms with Crippen LogP contribution in [0.4, 0.5) is 0 Å². The van der Waals surface area contributed by atoms with Crippen molar-refractivity contribution in [2.75, 3.05) is 0 Å². The Bertz CT molecular complexity index is 590. The molecule has 0 aliphatic carbocycles. The third-order valence-electron chi connectivity index (χ3n) is 3.30. The van der Waals surface area contributed by atoms with Gasteiger partial charge in [0.05, 0.1) is 18.1 Å². The minimum Gasteiger partial charge on any atom is -0.392 e. The molecule has 3 heteroatoms. The number of aliphatic hydroxyl groups excluding tert-OH is 1. The second-order valence-corrected chi connectivity index (χ2v) is 5.31. The van der Waals surface area contributed by atoms with Gasteiger partial charge in [0.15, 0.2) is 0 Å². The summed E-state index contributed by atoms with van der Waals surface area (Å²) < 4.78 is 2.15. The van der Waals surface area contributed by atoms with E-state index in [4.69, 9.17) is 5.26 Å². The van der Waals surface area contributed by atoms with Crippen molar-refractivity contribution in [1.29, 1.82) is 5.26 Å². The highest BCUT2D eigenvalue weighted by Crippen LogP contribution is 2.23. The average Bonchev–Trinajstić information content (AvgIpc) is 2.78. The van der Waals surface area contributed by atoms with Crippen molar-refractivity contribution in [3.63, 3.8) is 0 Å². The molecule has 1 aromatic heterocycles. The molecular weight excluding hydrogens is 224 g/mol. The number of nitrogens with zero attached hydrogens (tertiary/aromatic N) is 2. The summed E-state index contributed by atoms with van der Waals surface area (Å²) in [6.45, 7) is 4.79. The number of benzene rings is 1. The van der Waals surface area contributed by atoms with Gasteiger partial charge in [-0.3, -0.25) is 0 Å². The monoisotopic (exact) mass is 242 g/mol. The lowest BCUT2D eigenvalue weighted by molar-refractivity contribution is 0.282. The van der Waals surface area contributed by atoms with Crippen molar-refractivity contribution < 1.29 is 5.11 Å². The maximum absolute atomic E-state index is 9.17. The van der Waals surface area contributed by atoms with Crippen LogP contribution in [0.25, 0.3) is 10.9 Å². The van der Waals surface area contributed by atoms with Gasteiger partial charge < -0.3 is 9.67 Å². The maximum Gasteiger partial charge on any atom is 0.0684 e. The molecule has 2 rings (SSSR count). The first-order valence-corrected chi connectivity index (χ1v) is 6.16. The Morgan fingerprint density at radius 2 is 2.11 bits per heavy atom. The minimum atomic E-state index is -0.300. The Kier molecular flexibility index (Phi) is 3.40. The molecule has 1 N–H and O–H groups in total. The van der Waals surface area contributed by atoms with E-state index in [2.05, 4.69) is 16.7 Å². The molecule has 0 bridgehead atoms. The number of hydrogen-bond donors (Lipinski definition) is 1. The highest BCUT2D eigenvalue weighted by Gasteiger charge is 2.16. The van der Waals surface area contributed by atoms with E-state index >= 15 is 0 Å². The van der Waals surface area contributed by atoms with Gasteiger partial charge in [0, 0.05) is 18.3 Å². The first-order chi connectivity index (χ1) is 8.55. The summed E-state index contributed by atoms with van der Waals surface area (Å²) in [6, 6.07) is 10.4. The number of hydrogen-bond acceptors (Lipinski definition) is 2. The molecule has 0 fully saturated rings. The zero-order valence-corrected chi connectivity index (χ0v) is 10.8. The van der Waals surface area contributed by atoms with Gasteiger partial charge in [-0.15, -0.1) is 0 Å². The van der Waals surface area contributed by atoms with Gasteiger partial charge in [0.1, 0.15) is 0 Å². The number of aromatic nitrogens is 1. The fourth-order valence-electron chi connectivity index (χ4n) is 1.98. The van der Waals surface area contributed by atoms with Crippen LogP contribution in [0.15, 0.2) is 30.5 Å². The molecule has 94 valence electrons. The summed E-state index contributed by atoms with van der Waals surface area (Å²) in [6.07, 6.45) is 2.86. The second kappa shape index (κ2) is 4.83. The highest BCUT2D eigenvalue weighted by atomic mass is 16.3. The molecule has 0 saturated heterocycles. The van der Waals surface area contributed by atoms with Crippen LogP contribution >= 0.6 is 0 Å². The van der Waals surface area contributed by atoms with E-state index in [1.54, 1.807) is 0 Å². The predicted octanol–water partition coefficient (Wildman–Crippen LogP) is 3.07. The van der Waals surface area contributed by atoms with Crippen molar-refractivity contribution in [2.45, 2.75) is 33.4 Å². The lowest BCUT2D eigenvalue weighted by Gasteiger charge is -2.15. The number of rotatable bonds is 4. The maximum atomic E-state index is 9.17. The van der Waals surface area contributed by atoms with E-state index in [0.717, 1.165) is 24.0 Å². The van der Waals surface area contributed by atoms with Gasteiger partial charge in [-0.1, -0.05) is 12.1 Å². The smallest absolute Gasteiger partial charge is 0.0684 e. The van der Waals surface area contributed by atoms with Crippen molar-refractivity contribution in [2.24, 2.45) is 5.41 Å². The second-order valence-electron chi connectivity index (χ2n) is 5.31. The Balaban J connectivity index is 2.26. The van der Waals surface area contributed by atoms with Crippen LogP contribution < -0.4 is 0 Å². The standard InChI is InChI=1S/C15H18N2O/c1-15(2,11-16)6-8-17-7-5-13-4-3-12(10-18)9-14(13)17/h3-5,7,9,18H,6,8,10H2,1-2H3. The van der Waals surface area contributed by atoms with Crippen molar-refractivity contribution >= 4 is 10.9 Å². The highest BCUT2D eigenvalue weighted by molar-refractivity contribution is 5.80. The quantitative estimate of drug-likeness (QED) is 0.895. The summed E-state index contributed by atoms with van der Waals surface area (Å²) >= 11 is 0. The zero-order chi connectivity index (χ0) is 13.2. The molecule has 0 atom stereocenters. The van der Waals surface area contributed by atoms with E-state index in [9.17, 15) is 5.11 Å². The molecule has 0 aliphatic rings. The lowest BCUT2D eigenvalue weighted by Crippen LogP contribution is -2.11. The average molecular weight is 242 g/mol. The fourth-order valence-corrected chi connectivity index (χ4v) is 1.98. The van der Waals surface area contributed by atoms with E-state index in [0.29, 0.717) is 0 Å². The Labute approximate surface area is 107 Å². The minimum absolute atomic E-state index is 0.0603. The summed E-state index contributed by atoms with van der Waals surface area (Å²) in [4.78, 5) is 0. The van der Waals surface area contributed by atoms with Crippen molar-refractivity contribution in [1.82, 2.24) is 4.57 Å².